The van der Waals surface area contributed by atoms with Gasteiger partial charge in [0.15, 0.2) is 0 Å². The minimum absolute atomic E-state index is 0.0289. The molecule has 4 rings (SSSR count). The number of benzene rings is 1. The van der Waals surface area contributed by atoms with Gasteiger partial charge >= 0.3 is 5.97 Å². The molecule has 0 radical (unpaired) electrons. The van der Waals surface area contributed by atoms with Crippen molar-refractivity contribution in [3.05, 3.63) is 53.5 Å². The number of rotatable bonds is 8. The van der Waals surface area contributed by atoms with E-state index in [-0.39, 0.29) is 11.2 Å². The van der Waals surface area contributed by atoms with E-state index in [0.717, 1.165) is 46.3 Å². The number of hydrogen-bond donors (Lipinski definition) is 2. The number of nitrogens with one attached hydrogen (secondary N) is 1. The molecule has 0 saturated heterocycles. The Bertz CT molecular complexity index is 1030. The second-order valence-electron chi connectivity index (χ2n) is 8.49. The second kappa shape index (κ2) is 7.43. The molecular formula is C23H26N2O4. The SMILES string of the molecule is Cc1c(CC(C)(C)Nc2ccc(C(=O)O)nc2)oc2ccc(OCC3CC3)cc12. The van der Waals surface area contributed by atoms with Gasteiger partial charge in [0.05, 0.1) is 18.5 Å². The topological polar surface area (TPSA) is 84.6 Å². The molecule has 0 aliphatic heterocycles. The van der Waals surface area contributed by atoms with Crippen molar-refractivity contribution in [2.75, 3.05) is 11.9 Å². The number of ether oxygens (including phenoxy) is 1. The van der Waals surface area contributed by atoms with Crippen LogP contribution in [0.2, 0.25) is 0 Å². The molecule has 0 spiro atoms. The van der Waals surface area contributed by atoms with Crippen LogP contribution in [0.3, 0.4) is 0 Å². The van der Waals surface area contributed by atoms with Gasteiger partial charge < -0.3 is 19.6 Å². The van der Waals surface area contributed by atoms with E-state index in [4.69, 9.17) is 14.3 Å². The lowest BCUT2D eigenvalue weighted by Crippen LogP contribution is -2.33. The van der Waals surface area contributed by atoms with E-state index in [9.17, 15) is 4.79 Å². The fourth-order valence-electron chi connectivity index (χ4n) is 3.44. The number of carbonyl (C=O) groups is 1. The number of pyridine rings is 1. The lowest BCUT2D eigenvalue weighted by atomic mass is 9.96. The summed E-state index contributed by atoms with van der Waals surface area (Å²) in [5.74, 6) is 1.50. The summed E-state index contributed by atoms with van der Waals surface area (Å²) >= 11 is 0. The zero-order valence-electron chi connectivity index (χ0n) is 17.0. The van der Waals surface area contributed by atoms with Crippen LogP contribution in [0.15, 0.2) is 40.9 Å². The van der Waals surface area contributed by atoms with Crippen LogP contribution in [-0.4, -0.2) is 28.2 Å². The average molecular weight is 394 g/mol. The summed E-state index contributed by atoms with van der Waals surface area (Å²) in [4.78, 5) is 14.9. The average Bonchev–Trinajstić information content (AvgIpc) is 3.45. The number of furan rings is 1. The number of aryl methyl sites for hydroxylation is 1. The van der Waals surface area contributed by atoms with Gasteiger partial charge in [-0.05, 0) is 75.4 Å². The van der Waals surface area contributed by atoms with Crippen LogP contribution in [0.4, 0.5) is 5.69 Å². The van der Waals surface area contributed by atoms with Gasteiger partial charge in [0.25, 0.3) is 0 Å². The summed E-state index contributed by atoms with van der Waals surface area (Å²) in [6.45, 7) is 7.02. The third-order valence-electron chi connectivity index (χ3n) is 5.26. The molecule has 0 bridgehead atoms. The van der Waals surface area contributed by atoms with Crippen LogP contribution in [-0.2, 0) is 6.42 Å². The fourth-order valence-corrected chi connectivity index (χ4v) is 3.44. The number of aromatic nitrogens is 1. The number of fused-ring (bicyclic) bond motifs is 1. The highest BCUT2D eigenvalue weighted by atomic mass is 16.5. The number of carboxylic acid groups (broad SMARTS) is 1. The summed E-state index contributed by atoms with van der Waals surface area (Å²) in [6.07, 6.45) is 4.76. The van der Waals surface area contributed by atoms with E-state index in [2.05, 4.69) is 37.1 Å². The monoisotopic (exact) mass is 394 g/mol. The predicted octanol–water partition coefficient (Wildman–Crippen LogP) is 5.06. The zero-order valence-corrected chi connectivity index (χ0v) is 17.0. The molecule has 1 aromatic carbocycles. The van der Waals surface area contributed by atoms with Crippen molar-refractivity contribution in [1.82, 2.24) is 4.98 Å². The first-order chi connectivity index (χ1) is 13.8. The van der Waals surface area contributed by atoms with Crippen molar-refractivity contribution >= 4 is 22.6 Å². The Morgan fingerprint density at radius 3 is 2.76 bits per heavy atom. The Kier molecular flexibility index (Phi) is 4.94. The third-order valence-corrected chi connectivity index (χ3v) is 5.26. The van der Waals surface area contributed by atoms with Gasteiger partial charge in [-0.15, -0.1) is 0 Å². The Morgan fingerprint density at radius 1 is 1.31 bits per heavy atom. The van der Waals surface area contributed by atoms with Crippen molar-refractivity contribution in [2.45, 2.75) is 45.6 Å². The Labute approximate surface area is 169 Å². The highest BCUT2D eigenvalue weighted by Gasteiger charge is 2.24. The van der Waals surface area contributed by atoms with Crippen LogP contribution < -0.4 is 10.1 Å². The van der Waals surface area contributed by atoms with Gasteiger partial charge in [0.2, 0.25) is 0 Å². The van der Waals surface area contributed by atoms with Crippen LogP contribution in [0, 0.1) is 12.8 Å². The maximum Gasteiger partial charge on any atom is 0.354 e. The molecule has 0 unspecified atom stereocenters. The van der Waals surface area contributed by atoms with Gasteiger partial charge in [0, 0.05) is 17.3 Å². The largest absolute Gasteiger partial charge is 0.493 e. The molecule has 0 atom stereocenters. The first kappa shape index (κ1) is 19.3. The highest BCUT2D eigenvalue weighted by molar-refractivity contribution is 5.85. The first-order valence-corrected chi connectivity index (χ1v) is 9.93. The number of carboxylic acids is 1. The standard InChI is InChI=1S/C23H26N2O4/c1-14-18-10-17(28-13-15-4-5-15)7-9-20(18)29-21(14)11-23(2,3)25-16-6-8-19(22(26)27)24-12-16/h6-10,12,15,25H,4-5,11,13H2,1-3H3,(H,26,27). The molecule has 1 aliphatic carbocycles. The van der Waals surface area contributed by atoms with Gasteiger partial charge in [-0.1, -0.05) is 0 Å². The predicted molar refractivity (Wildman–Crippen MR) is 112 cm³/mol. The molecule has 3 aromatic rings. The Balaban J connectivity index is 1.49. The molecule has 0 amide bonds. The molecule has 2 aromatic heterocycles. The van der Waals surface area contributed by atoms with Crippen LogP contribution in [0.25, 0.3) is 11.0 Å². The van der Waals surface area contributed by atoms with Crippen LogP contribution in [0.1, 0.15) is 48.5 Å². The number of anilines is 1. The van der Waals surface area contributed by atoms with E-state index in [0.29, 0.717) is 6.42 Å². The summed E-state index contributed by atoms with van der Waals surface area (Å²) in [5.41, 5.74) is 2.47. The lowest BCUT2D eigenvalue weighted by Gasteiger charge is -2.26. The zero-order chi connectivity index (χ0) is 20.6. The van der Waals surface area contributed by atoms with Crippen LogP contribution >= 0.6 is 0 Å². The first-order valence-electron chi connectivity index (χ1n) is 9.93. The Morgan fingerprint density at radius 2 is 2.10 bits per heavy atom. The maximum atomic E-state index is 11.0. The highest BCUT2D eigenvalue weighted by Crippen LogP contribution is 2.33. The van der Waals surface area contributed by atoms with E-state index >= 15 is 0 Å². The molecule has 152 valence electrons. The molecule has 6 nitrogen and oxygen atoms in total. The molecule has 29 heavy (non-hydrogen) atoms. The van der Waals surface area contributed by atoms with Crippen LogP contribution in [0.5, 0.6) is 5.75 Å². The number of aromatic carboxylic acids is 1. The minimum atomic E-state index is -1.03. The quantitative estimate of drug-likeness (QED) is 0.556. The molecule has 1 fully saturated rings. The smallest absolute Gasteiger partial charge is 0.354 e. The molecule has 1 aliphatic rings. The summed E-state index contributed by atoms with van der Waals surface area (Å²) < 4.78 is 12.0. The van der Waals surface area contributed by atoms with Gasteiger partial charge in [0.1, 0.15) is 22.8 Å². The number of nitrogens with zero attached hydrogens (tertiary/aromatic N) is 1. The van der Waals surface area contributed by atoms with Crippen molar-refractivity contribution in [3.63, 3.8) is 0 Å². The molecule has 2 heterocycles. The normalized spacial score (nSPS) is 14.2. The van der Waals surface area contributed by atoms with Crippen molar-refractivity contribution in [3.8, 4) is 5.75 Å². The van der Waals surface area contributed by atoms with Gasteiger partial charge in [-0.2, -0.15) is 0 Å². The second-order valence-corrected chi connectivity index (χ2v) is 8.49. The van der Waals surface area contributed by atoms with E-state index in [1.165, 1.54) is 18.9 Å². The summed E-state index contributed by atoms with van der Waals surface area (Å²) in [7, 11) is 0. The summed E-state index contributed by atoms with van der Waals surface area (Å²) in [5, 5.41) is 13.5. The lowest BCUT2D eigenvalue weighted by molar-refractivity contribution is 0.0690. The summed E-state index contributed by atoms with van der Waals surface area (Å²) in [6, 6.07) is 9.23. The third kappa shape index (κ3) is 4.53. The van der Waals surface area contributed by atoms with E-state index in [1.807, 2.05) is 12.1 Å². The van der Waals surface area contributed by atoms with E-state index in [1.54, 1.807) is 12.3 Å². The molecule has 1 saturated carbocycles. The molecular weight excluding hydrogens is 368 g/mol. The molecule has 6 heteroatoms. The van der Waals surface area contributed by atoms with Gasteiger partial charge in [-0.25, -0.2) is 9.78 Å². The maximum absolute atomic E-state index is 11.0. The molecule has 2 N–H and O–H groups in total. The minimum Gasteiger partial charge on any atom is -0.493 e. The van der Waals surface area contributed by atoms with Crippen molar-refractivity contribution in [2.24, 2.45) is 5.92 Å². The Hall–Kier alpha value is -3.02. The van der Waals surface area contributed by atoms with Crippen molar-refractivity contribution in [1.29, 1.82) is 0 Å². The van der Waals surface area contributed by atoms with Gasteiger partial charge in [-0.3, -0.25) is 0 Å². The fraction of sp³-hybridized carbons (Fsp3) is 0.391. The van der Waals surface area contributed by atoms with E-state index < -0.39 is 5.97 Å². The number of hydrogen-bond acceptors (Lipinski definition) is 5. The van der Waals surface area contributed by atoms with Crippen molar-refractivity contribution < 1.29 is 19.1 Å².